The molecule has 0 atom stereocenters. The zero-order valence-electron chi connectivity index (χ0n) is 16.6. The molecule has 3 aromatic carbocycles. The van der Waals surface area contributed by atoms with Crippen molar-refractivity contribution in [3.05, 3.63) is 95.3 Å². The first-order valence-electron chi connectivity index (χ1n) is 9.94. The van der Waals surface area contributed by atoms with Crippen molar-refractivity contribution in [2.24, 2.45) is 0 Å². The van der Waals surface area contributed by atoms with Crippen LogP contribution < -0.4 is 0 Å². The Morgan fingerprint density at radius 2 is 1.40 bits per heavy atom. The van der Waals surface area contributed by atoms with E-state index < -0.39 is 11.6 Å². The number of unbranched alkanes of at least 4 members (excludes halogenated alkanes) is 1. The van der Waals surface area contributed by atoms with Crippen LogP contribution in [-0.2, 0) is 6.42 Å². The summed E-state index contributed by atoms with van der Waals surface area (Å²) in [6.07, 6.45) is 7.07. The Kier molecular flexibility index (Phi) is 5.81. The van der Waals surface area contributed by atoms with E-state index in [0.717, 1.165) is 41.5 Å². The Balaban J connectivity index is 1.51. The highest BCUT2D eigenvalue weighted by Crippen LogP contribution is 2.20. The molecule has 0 fully saturated rings. The number of hydrogen-bond acceptors (Lipinski definition) is 2. The van der Waals surface area contributed by atoms with E-state index in [0.29, 0.717) is 16.6 Å². The van der Waals surface area contributed by atoms with Crippen molar-refractivity contribution in [2.75, 3.05) is 0 Å². The van der Waals surface area contributed by atoms with Gasteiger partial charge in [0.1, 0.15) is 0 Å². The average Bonchev–Trinajstić information content (AvgIpc) is 2.78. The maximum atomic E-state index is 13.5. The number of aryl methyl sites for hydroxylation is 1. The fourth-order valence-electron chi connectivity index (χ4n) is 3.18. The van der Waals surface area contributed by atoms with E-state index >= 15 is 0 Å². The van der Waals surface area contributed by atoms with E-state index in [1.165, 1.54) is 12.1 Å². The van der Waals surface area contributed by atoms with Gasteiger partial charge < -0.3 is 0 Å². The summed E-state index contributed by atoms with van der Waals surface area (Å²) in [7, 11) is 0. The molecular weight excluding hydrogens is 378 g/mol. The molecule has 0 amide bonds. The summed E-state index contributed by atoms with van der Waals surface area (Å²) in [5.74, 6) is 5.17. The number of halogens is 2. The first kappa shape index (κ1) is 19.7. The van der Waals surface area contributed by atoms with E-state index in [9.17, 15) is 8.78 Å². The minimum Gasteiger partial charge on any atom is -0.236 e. The summed E-state index contributed by atoms with van der Waals surface area (Å²) < 4.78 is 26.8. The molecule has 0 bridgehead atoms. The SMILES string of the molecule is CCCCc1cnc(-c2ccc(C#Cc3ccc4cc(F)c(F)cc4c3)cc2)nc1. The molecule has 0 saturated heterocycles. The van der Waals surface area contributed by atoms with Crippen LogP contribution in [-0.4, -0.2) is 9.97 Å². The van der Waals surface area contributed by atoms with Crippen molar-refractivity contribution in [3.8, 4) is 23.2 Å². The summed E-state index contributed by atoms with van der Waals surface area (Å²) in [5, 5.41) is 1.26. The lowest BCUT2D eigenvalue weighted by atomic mass is 10.1. The molecule has 0 aliphatic carbocycles. The Hall–Kier alpha value is -3.58. The fraction of sp³-hybridized carbons (Fsp3) is 0.154. The molecule has 148 valence electrons. The van der Waals surface area contributed by atoms with Crippen LogP contribution in [0.2, 0.25) is 0 Å². The van der Waals surface area contributed by atoms with Gasteiger partial charge >= 0.3 is 0 Å². The maximum absolute atomic E-state index is 13.5. The molecule has 0 saturated carbocycles. The lowest BCUT2D eigenvalue weighted by Gasteiger charge is -2.03. The summed E-state index contributed by atoms with van der Waals surface area (Å²) in [5.41, 5.74) is 3.68. The number of nitrogens with zero attached hydrogens (tertiary/aromatic N) is 2. The highest BCUT2D eigenvalue weighted by atomic mass is 19.2. The summed E-state index contributed by atoms with van der Waals surface area (Å²) in [4.78, 5) is 8.93. The highest BCUT2D eigenvalue weighted by molar-refractivity contribution is 5.84. The van der Waals surface area contributed by atoms with Gasteiger partial charge in [-0.2, -0.15) is 0 Å². The molecule has 0 radical (unpaired) electrons. The number of benzene rings is 3. The molecule has 1 aromatic heterocycles. The van der Waals surface area contributed by atoms with Crippen LogP contribution in [0, 0.1) is 23.5 Å². The van der Waals surface area contributed by atoms with E-state index in [1.54, 1.807) is 18.2 Å². The van der Waals surface area contributed by atoms with Crippen molar-refractivity contribution >= 4 is 10.8 Å². The molecule has 30 heavy (non-hydrogen) atoms. The number of aromatic nitrogens is 2. The molecular formula is C26H20F2N2. The van der Waals surface area contributed by atoms with Crippen molar-refractivity contribution in [1.82, 2.24) is 9.97 Å². The van der Waals surface area contributed by atoms with Crippen molar-refractivity contribution < 1.29 is 8.78 Å². The molecule has 0 aliphatic heterocycles. The fourth-order valence-corrected chi connectivity index (χ4v) is 3.18. The number of fused-ring (bicyclic) bond motifs is 1. The smallest absolute Gasteiger partial charge is 0.159 e. The Labute approximate surface area is 174 Å². The van der Waals surface area contributed by atoms with Crippen LogP contribution in [0.4, 0.5) is 8.78 Å². The summed E-state index contributed by atoms with van der Waals surface area (Å²) in [6, 6.07) is 15.4. The number of hydrogen-bond donors (Lipinski definition) is 0. The monoisotopic (exact) mass is 398 g/mol. The summed E-state index contributed by atoms with van der Waals surface area (Å²) >= 11 is 0. The first-order chi connectivity index (χ1) is 14.6. The minimum atomic E-state index is -0.858. The van der Waals surface area contributed by atoms with Gasteiger partial charge in [-0.25, -0.2) is 18.7 Å². The molecule has 0 N–H and O–H groups in total. The second-order valence-electron chi connectivity index (χ2n) is 7.17. The van der Waals surface area contributed by atoms with Crippen molar-refractivity contribution in [1.29, 1.82) is 0 Å². The van der Waals surface area contributed by atoms with Gasteiger partial charge in [0.2, 0.25) is 0 Å². The van der Waals surface area contributed by atoms with E-state index in [4.69, 9.17) is 0 Å². The zero-order valence-corrected chi connectivity index (χ0v) is 16.6. The third kappa shape index (κ3) is 4.52. The third-order valence-corrected chi connectivity index (χ3v) is 4.90. The van der Waals surface area contributed by atoms with Crippen LogP contribution in [0.5, 0.6) is 0 Å². The van der Waals surface area contributed by atoms with Gasteiger partial charge in [0.15, 0.2) is 17.5 Å². The van der Waals surface area contributed by atoms with Gasteiger partial charge in [-0.05, 0) is 77.7 Å². The van der Waals surface area contributed by atoms with E-state index in [-0.39, 0.29) is 0 Å². The standard InChI is InChI=1S/C26H20F2N2/c1-2-3-4-20-16-29-26(30-17-20)21-10-7-18(8-11-21)5-6-19-9-12-22-14-24(27)25(28)15-23(22)13-19/h7-17H,2-4H2,1H3. The molecule has 1 heterocycles. The first-order valence-corrected chi connectivity index (χ1v) is 9.94. The molecule has 0 spiro atoms. The molecule has 4 aromatic rings. The Morgan fingerprint density at radius 3 is 2.10 bits per heavy atom. The highest BCUT2D eigenvalue weighted by Gasteiger charge is 2.04. The largest absolute Gasteiger partial charge is 0.236 e. The predicted molar refractivity (Wildman–Crippen MR) is 116 cm³/mol. The van der Waals surface area contributed by atoms with Gasteiger partial charge in [-0.3, -0.25) is 0 Å². The second kappa shape index (κ2) is 8.84. The summed E-state index contributed by atoms with van der Waals surface area (Å²) in [6.45, 7) is 2.17. The van der Waals surface area contributed by atoms with Crippen LogP contribution in [0.25, 0.3) is 22.2 Å². The quantitative estimate of drug-likeness (QED) is 0.376. The van der Waals surface area contributed by atoms with Gasteiger partial charge in [0.05, 0.1) is 0 Å². The molecule has 0 aliphatic rings. The van der Waals surface area contributed by atoms with Gasteiger partial charge in [0.25, 0.3) is 0 Å². The van der Waals surface area contributed by atoms with E-state index in [1.807, 2.05) is 36.7 Å². The predicted octanol–water partition coefficient (Wildman–Crippen LogP) is 6.32. The zero-order chi connectivity index (χ0) is 20.9. The second-order valence-corrected chi connectivity index (χ2v) is 7.17. The third-order valence-electron chi connectivity index (χ3n) is 4.90. The Bertz CT molecular complexity index is 1230. The van der Waals surface area contributed by atoms with Crippen molar-refractivity contribution in [3.63, 3.8) is 0 Å². The Morgan fingerprint density at radius 1 is 0.767 bits per heavy atom. The van der Waals surface area contributed by atoms with Gasteiger partial charge in [-0.15, -0.1) is 0 Å². The van der Waals surface area contributed by atoms with Crippen LogP contribution in [0.15, 0.2) is 67.0 Å². The molecule has 2 nitrogen and oxygen atoms in total. The van der Waals surface area contributed by atoms with Crippen molar-refractivity contribution in [2.45, 2.75) is 26.2 Å². The molecule has 4 heteroatoms. The van der Waals surface area contributed by atoms with Gasteiger partial charge in [0, 0.05) is 29.1 Å². The van der Waals surface area contributed by atoms with Gasteiger partial charge in [-0.1, -0.05) is 31.3 Å². The molecule has 0 unspecified atom stereocenters. The van der Waals surface area contributed by atoms with Crippen LogP contribution >= 0.6 is 0 Å². The average molecular weight is 398 g/mol. The normalized spacial score (nSPS) is 10.6. The van der Waals surface area contributed by atoms with Crippen LogP contribution in [0.1, 0.15) is 36.5 Å². The maximum Gasteiger partial charge on any atom is 0.159 e. The lowest BCUT2D eigenvalue weighted by molar-refractivity contribution is 0.511. The topological polar surface area (TPSA) is 25.8 Å². The lowest BCUT2D eigenvalue weighted by Crippen LogP contribution is -1.93. The van der Waals surface area contributed by atoms with Crippen LogP contribution in [0.3, 0.4) is 0 Å². The number of rotatable bonds is 4. The minimum absolute atomic E-state index is 0.621. The molecule has 4 rings (SSSR count). The van der Waals surface area contributed by atoms with E-state index in [2.05, 4.69) is 28.7 Å².